The van der Waals surface area contributed by atoms with Crippen LogP contribution in [0.15, 0.2) is 29.6 Å². The molecule has 130 valence electrons. The smallest absolute Gasteiger partial charge is 0.238 e. The highest BCUT2D eigenvalue weighted by Gasteiger charge is 2.17. The molecule has 0 atom stereocenters. The summed E-state index contributed by atoms with van der Waals surface area (Å²) in [5.74, 6) is 0.511. The highest BCUT2D eigenvalue weighted by Crippen LogP contribution is 2.27. The van der Waals surface area contributed by atoms with Gasteiger partial charge in [-0.1, -0.05) is 11.6 Å². The van der Waals surface area contributed by atoms with E-state index in [1.165, 1.54) is 10.4 Å². The van der Waals surface area contributed by atoms with Gasteiger partial charge in [0.15, 0.2) is 0 Å². The minimum Gasteiger partial charge on any atom is -0.495 e. The Bertz CT molecular complexity index is 700. The summed E-state index contributed by atoms with van der Waals surface area (Å²) in [5.41, 5.74) is 1.86. The van der Waals surface area contributed by atoms with Crippen LogP contribution in [0.2, 0.25) is 5.02 Å². The van der Waals surface area contributed by atoms with E-state index >= 15 is 0 Å². The van der Waals surface area contributed by atoms with Crippen LogP contribution >= 0.6 is 22.9 Å². The van der Waals surface area contributed by atoms with Crippen molar-refractivity contribution in [1.82, 2.24) is 4.90 Å². The van der Waals surface area contributed by atoms with Gasteiger partial charge in [0.2, 0.25) is 5.91 Å². The Labute approximate surface area is 152 Å². The van der Waals surface area contributed by atoms with Gasteiger partial charge in [-0.05, 0) is 56.0 Å². The van der Waals surface area contributed by atoms with Gasteiger partial charge >= 0.3 is 0 Å². The largest absolute Gasteiger partial charge is 0.495 e. The first-order chi connectivity index (χ1) is 11.4. The van der Waals surface area contributed by atoms with E-state index in [2.05, 4.69) is 42.4 Å². The molecular weight excluding hydrogens is 344 g/mol. The number of hydrogen-bond acceptors (Lipinski definition) is 4. The topological polar surface area (TPSA) is 41.6 Å². The lowest BCUT2D eigenvalue weighted by Gasteiger charge is -2.25. The number of amides is 1. The molecule has 0 aliphatic heterocycles. The number of nitrogens with zero attached hydrogens (tertiary/aromatic N) is 1. The van der Waals surface area contributed by atoms with E-state index < -0.39 is 0 Å². The first kappa shape index (κ1) is 18.8. The van der Waals surface area contributed by atoms with Gasteiger partial charge in [-0.2, -0.15) is 0 Å². The van der Waals surface area contributed by atoms with Crippen LogP contribution in [0.4, 0.5) is 5.69 Å². The van der Waals surface area contributed by atoms with Gasteiger partial charge in [0.05, 0.1) is 19.3 Å². The molecule has 0 saturated heterocycles. The second-order valence-corrected chi connectivity index (χ2v) is 7.36. The fourth-order valence-electron chi connectivity index (χ4n) is 2.32. The molecule has 0 radical (unpaired) electrons. The van der Waals surface area contributed by atoms with Gasteiger partial charge < -0.3 is 10.1 Å². The summed E-state index contributed by atoms with van der Waals surface area (Å²) < 4.78 is 5.27. The number of benzene rings is 1. The number of anilines is 1. The molecule has 0 unspecified atom stereocenters. The van der Waals surface area contributed by atoms with Crippen molar-refractivity contribution in [2.75, 3.05) is 19.0 Å². The van der Waals surface area contributed by atoms with Crippen LogP contribution < -0.4 is 10.1 Å². The second-order valence-electron chi connectivity index (χ2n) is 5.92. The highest BCUT2D eigenvalue weighted by atomic mass is 35.5. The lowest BCUT2D eigenvalue weighted by molar-refractivity contribution is -0.117. The number of ether oxygens (including phenoxy) is 1. The number of methoxy groups -OCH3 is 1. The molecule has 0 aliphatic rings. The SMILES string of the molecule is COc1ccc(Cl)cc1NC(=O)CN(Cc1sccc1C)C(C)C. The molecule has 2 rings (SSSR count). The molecule has 0 saturated carbocycles. The van der Waals surface area contributed by atoms with Crippen molar-refractivity contribution in [1.29, 1.82) is 0 Å². The van der Waals surface area contributed by atoms with Gasteiger partial charge in [0.1, 0.15) is 5.75 Å². The van der Waals surface area contributed by atoms with Gasteiger partial charge in [-0.15, -0.1) is 11.3 Å². The van der Waals surface area contributed by atoms with Crippen LogP contribution in [-0.2, 0) is 11.3 Å². The number of aryl methyl sites for hydroxylation is 1. The van der Waals surface area contributed by atoms with Crippen molar-refractivity contribution in [3.8, 4) is 5.75 Å². The number of nitrogens with one attached hydrogen (secondary N) is 1. The third-order valence-corrected chi connectivity index (χ3v) is 5.07. The standard InChI is InChI=1S/C18H23ClN2O2S/c1-12(2)21(10-17-13(3)7-8-24-17)11-18(22)20-15-9-14(19)5-6-16(15)23-4/h5-9,12H,10-11H2,1-4H3,(H,20,22). The van der Waals surface area contributed by atoms with Crippen molar-refractivity contribution < 1.29 is 9.53 Å². The molecule has 1 heterocycles. The van der Waals surface area contributed by atoms with Gasteiger partial charge in [0.25, 0.3) is 0 Å². The third kappa shape index (κ3) is 4.97. The molecule has 1 aromatic heterocycles. The zero-order chi connectivity index (χ0) is 17.7. The summed E-state index contributed by atoms with van der Waals surface area (Å²) >= 11 is 7.73. The summed E-state index contributed by atoms with van der Waals surface area (Å²) in [5, 5.41) is 5.54. The zero-order valence-corrected chi connectivity index (χ0v) is 16.0. The molecule has 24 heavy (non-hydrogen) atoms. The molecule has 2 aromatic rings. The molecule has 1 aromatic carbocycles. The van der Waals surface area contributed by atoms with Crippen molar-refractivity contribution in [2.45, 2.75) is 33.4 Å². The predicted octanol–water partition coefficient (Wildman–Crippen LogP) is 4.57. The van der Waals surface area contributed by atoms with Crippen molar-refractivity contribution in [3.05, 3.63) is 45.1 Å². The fourth-order valence-corrected chi connectivity index (χ4v) is 3.43. The molecular formula is C18H23ClN2O2S. The Morgan fingerprint density at radius 1 is 1.38 bits per heavy atom. The number of thiophene rings is 1. The summed E-state index contributed by atoms with van der Waals surface area (Å²) in [4.78, 5) is 15.9. The maximum Gasteiger partial charge on any atom is 0.238 e. The normalized spacial score (nSPS) is 11.1. The molecule has 0 aliphatic carbocycles. The van der Waals surface area contributed by atoms with E-state index in [9.17, 15) is 4.79 Å². The summed E-state index contributed by atoms with van der Waals surface area (Å²) in [6.07, 6.45) is 0. The Kier molecular flexibility index (Phi) is 6.66. The average molecular weight is 367 g/mol. The first-order valence-electron chi connectivity index (χ1n) is 7.81. The predicted molar refractivity (Wildman–Crippen MR) is 101 cm³/mol. The third-order valence-electron chi connectivity index (χ3n) is 3.83. The Morgan fingerprint density at radius 3 is 2.71 bits per heavy atom. The Hall–Kier alpha value is -1.56. The Balaban J connectivity index is 2.06. The van der Waals surface area contributed by atoms with Crippen LogP contribution in [0, 0.1) is 6.92 Å². The highest BCUT2D eigenvalue weighted by molar-refractivity contribution is 7.10. The molecule has 4 nitrogen and oxygen atoms in total. The minimum atomic E-state index is -0.0847. The van der Waals surface area contributed by atoms with Crippen molar-refractivity contribution in [2.24, 2.45) is 0 Å². The summed E-state index contributed by atoms with van der Waals surface area (Å²) in [6, 6.07) is 7.54. The number of carbonyl (C=O) groups excluding carboxylic acids is 1. The molecule has 1 N–H and O–H groups in total. The molecule has 0 fully saturated rings. The number of carbonyl (C=O) groups is 1. The zero-order valence-electron chi connectivity index (χ0n) is 14.4. The summed E-state index contributed by atoms with van der Waals surface area (Å²) in [6.45, 7) is 7.36. The lowest BCUT2D eigenvalue weighted by atomic mass is 10.2. The molecule has 6 heteroatoms. The molecule has 1 amide bonds. The molecule has 0 bridgehead atoms. The van der Waals surface area contributed by atoms with Gasteiger partial charge in [-0.3, -0.25) is 9.69 Å². The average Bonchev–Trinajstić information content (AvgIpc) is 2.92. The number of rotatable bonds is 7. The van der Waals surface area contributed by atoms with E-state index in [1.54, 1.807) is 36.6 Å². The van der Waals surface area contributed by atoms with E-state index in [4.69, 9.17) is 16.3 Å². The van der Waals surface area contributed by atoms with E-state index in [1.807, 2.05) is 0 Å². The van der Waals surface area contributed by atoms with Crippen molar-refractivity contribution >= 4 is 34.5 Å². The van der Waals surface area contributed by atoms with E-state index in [0.29, 0.717) is 23.0 Å². The Morgan fingerprint density at radius 2 is 2.12 bits per heavy atom. The number of hydrogen-bond donors (Lipinski definition) is 1. The van der Waals surface area contributed by atoms with E-state index in [0.717, 1.165) is 6.54 Å². The maximum absolute atomic E-state index is 12.5. The van der Waals surface area contributed by atoms with Gasteiger partial charge in [0, 0.05) is 22.5 Å². The number of halogens is 1. The van der Waals surface area contributed by atoms with Crippen LogP contribution in [0.25, 0.3) is 0 Å². The van der Waals surface area contributed by atoms with Crippen molar-refractivity contribution in [3.63, 3.8) is 0 Å². The van der Waals surface area contributed by atoms with Crippen LogP contribution in [0.1, 0.15) is 24.3 Å². The minimum absolute atomic E-state index is 0.0847. The van der Waals surface area contributed by atoms with Crippen LogP contribution in [0.3, 0.4) is 0 Å². The van der Waals surface area contributed by atoms with E-state index in [-0.39, 0.29) is 11.9 Å². The second kappa shape index (κ2) is 8.51. The summed E-state index contributed by atoms with van der Waals surface area (Å²) in [7, 11) is 1.57. The maximum atomic E-state index is 12.5. The lowest BCUT2D eigenvalue weighted by Crippen LogP contribution is -2.37. The monoisotopic (exact) mass is 366 g/mol. The quantitative estimate of drug-likeness (QED) is 0.780. The first-order valence-corrected chi connectivity index (χ1v) is 9.07. The van der Waals surface area contributed by atoms with Crippen LogP contribution in [0.5, 0.6) is 5.75 Å². The molecule has 0 spiro atoms. The fraction of sp³-hybridized carbons (Fsp3) is 0.389. The van der Waals surface area contributed by atoms with Crippen LogP contribution in [-0.4, -0.2) is 30.5 Å². The van der Waals surface area contributed by atoms with Gasteiger partial charge in [-0.25, -0.2) is 0 Å².